The van der Waals surface area contributed by atoms with E-state index < -0.39 is 0 Å². The van der Waals surface area contributed by atoms with E-state index in [9.17, 15) is 4.79 Å². The summed E-state index contributed by atoms with van der Waals surface area (Å²) in [6, 6.07) is 16.2. The Hall–Kier alpha value is -2.37. The van der Waals surface area contributed by atoms with Crippen LogP contribution < -0.4 is 16.2 Å². The third-order valence-corrected chi connectivity index (χ3v) is 3.12. The Labute approximate surface area is 139 Å². The Morgan fingerprint density at radius 2 is 1.73 bits per heavy atom. The van der Waals surface area contributed by atoms with Gasteiger partial charge in [0.15, 0.2) is 10.9 Å². The number of hydrogen-bond donors (Lipinski definition) is 3. The second-order valence-electron chi connectivity index (χ2n) is 4.29. The maximum absolute atomic E-state index is 11.8. The maximum atomic E-state index is 11.8. The molecule has 0 bridgehead atoms. The molecule has 0 heterocycles. The fourth-order valence-electron chi connectivity index (χ4n) is 1.62. The molecule has 6 heteroatoms. The van der Waals surface area contributed by atoms with Crippen molar-refractivity contribution in [1.82, 2.24) is 10.9 Å². The Kier molecular flexibility index (Phi) is 5.94. The van der Waals surface area contributed by atoms with Gasteiger partial charge in [-0.15, -0.1) is 0 Å². The fraction of sp³-hybridized carbons (Fsp3) is 0. The van der Waals surface area contributed by atoms with Gasteiger partial charge in [0.1, 0.15) is 0 Å². The van der Waals surface area contributed by atoms with Gasteiger partial charge < -0.3 is 10.7 Å². The summed E-state index contributed by atoms with van der Waals surface area (Å²) >= 11 is 10.9. The lowest BCUT2D eigenvalue weighted by Gasteiger charge is -2.09. The number of thiocarbonyl (C=S) groups is 1. The average molecular weight is 332 g/mol. The van der Waals surface area contributed by atoms with Crippen LogP contribution in [-0.4, -0.2) is 10.9 Å². The number of halogens is 1. The molecule has 0 radical (unpaired) electrons. The zero-order chi connectivity index (χ0) is 15.8. The monoisotopic (exact) mass is 331 g/mol. The van der Waals surface area contributed by atoms with Crippen LogP contribution in [0.1, 0.15) is 10.4 Å². The number of hydrazine groups is 1. The molecule has 0 saturated carbocycles. The molecule has 4 nitrogen and oxygen atoms in total. The van der Waals surface area contributed by atoms with Crippen molar-refractivity contribution in [3.05, 3.63) is 77.5 Å². The van der Waals surface area contributed by atoms with Crippen LogP contribution in [0.2, 0.25) is 5.02 Å². The van der Waals surface area contributed by atoms with Crippen molar-refractivity contribution in [3.63, 3.8) is 0 Å². The highest BCUT2D eigenvalue weighted by Crippen LogP contribution is 2.10. The summed E-state index contributed by atoms with van der Waals surface area (Å²) in [4.78, 5) is 11.8. The minimum absolute atomic E-state index is 0.132. The predicted molar refractivity (Wildman–Crippen MR) is 93.9 cm³/mol. The first-order valence-electron chi connectivity index (χ1n) is 6.49. The molecular weight excluding hydrogens is 318 g/mol. The summed E-state index contributed by atoms with van der Waals surface area (Å²) in [5.41, 5.74) is 6.93. The van der Waals surface area contributed by atoms with Crippen molar-refractivity contribution >= 4 is 40.4 Å². The summed E-state index contributed by atoms with van der Waals surface area (Å²) in [7, 11) is 0. The van der Waals surface area contributed by atoms with Crippen molar-refractivity contribution in [2.45, 2.75) is 0 Å². The van der Waals surface area contributed by atoms with E-state index >= 15 is 0 Å². The van der Waals surface area contributed by atoms with Crippen LogP contribution in [0, 0.1) is 0 Å². The standard InChI is InChI=1S/C16H14ClN3OS/c17-13-8-6-12(7-9-13)15(21)10-11-18-20-16(22)19-14-4-2-1-3-5-14/h1-11,18H,(H2,19,20,22)/b11-10-. The van der Waals surface area contributed by atoms with Crippen LogP contribution in [-0.2, 0) is 0 Å². The van der Waals surface area contributed by atoms with Crippen LogP contribution in [0.5, 0.6) is 0 Å². The second-order valence-corrected chi connectivity index (χ2v) is 5.14. The van der Waals surface area contributed by atoms with Crippen LogP contribution in [0.25, 0.3) is 0 Å². The van der Waals surface area contributed by atoms with Crippen LogP contribution in [0.3, 0.4) is 0 Å². The van der Waals surface area contributed by atoms with Gasteiger partial charge in [-0.05, 0) is 48.6 Å². The maximum Gasteiger partial charge on any atom is 0.189 e. The third-order valence-electron chi connectivity index (χ3n) is 2.66. The van der Waals surface area contributed by atoms with Crippen molar-refractivity contribution in [2.75, 3.05) is 5.32 Å². The fourth-order valence-corrected chi connectivity index (χ4v) is 1.92. The summed E-state index contributed by atoms with van der Waals surface area (Å²) in [6.07, 6.45) is 2.89. The quantitative estimate of drug-likeness (QED) is 0.339. The summed E-state index contributed by atoms with van der Waals surface area (Å²) < 4.78 is 0. The van der Waals surface area contributed by atoms with Crippen LogP contribution in [0.15, 0.2) is 66.9 Å². The number of allylic oxidation sites excluding steroid dienone is 1. The van der Waals surface area contributed by atoms with Gasteiger partial charge in [0.05, 0.1) is 0 Å². The number of anilines is 1. The van der Waals surface area contributed by atoms with Gasteiger partial charge in [0.25, 0.3) is 0 Å². The Morgan fingerprint density at radius 1 is 1.05 bits per heavy atom. The number of benzene rings is 2. The Bertz CT molecular complexity index is 672. The van der Waals surface area contributed by atoms with E-state index in [0.29, 0.717) is 15.7 Å². The lowest BCUT2D eigenvalue weighted by atomic mass is 10.1. The average Bonchev–Trinajstić information content (AvgIpc) is 2.53. The molecule has 0 aliphatic rings. The van der Waals surface area contributed by atoms with Crippen LogP contribution >= 0.6 is 23.8 Å². The smallest absolute Gasteiger partial charge is 0.189 e. The number of rotatable bonds is 5. The molecule has 2 aromatic carbocycles. The minimum Gasteiger partial charge on any atom is -0.331 e. The molecule has 3 N–H and O–H groups in total. The normalized spacial score (nSPS) is 10.2. The second kappa shape index (κ2) is 8.17. The first kappa shape index (κ1) is 16.0. The van der Waals surface area contributed by atoms with E-state index in [2.05, 4.69) is 16.2 Å². The predicted octanol–water partition coefficient (Wildman–Crippen LogP) is 3.53. The third kappa shape index (κ3) is 5.20. The molecule has 112 valence electrons. The van der Waals surface area contributed by atoms with E-state index in [1.54, 1.807) is 24.3 Å². The van der Waals surface area contributed by atoms with Gasteiger partial charge in [-0.25, -0.2) is 0 Å². The Morgan fingerprint density at radius 3 is 2.41 bits per heavy atom. The summed E-state index contributed by atoms with van der Waals surface area (Å²) in [6.45, 7) is 0. The first-order valence-corrected chi connectivity index (χ1v) is 7.28. The van der Waals surface area contributed by atoms with Gasteiger partial charge in [0, 0.05) is 28.5 Å². The molecule has 0 aromatic heterocycles. The van der Waals surface area contributed by atoms with Crippen LogP contribution in [0.4, 0.5) is 5.69 Å². The zero-order valence-corrected chi connectivity index (χ0v) is 13.1. The SMILES string of the molecule is O=C(/C=C\NNC(=S)Nc1ccccc1)c1ccc(Cl)cc1. The Balaban J connectivity index is 1.77. The molecule has 0 spiro atoms. The molecule has 0 unspecified atom stereocenters. The van der Waals surface area contributed by atoms with E-state index in [0.717, 1.165) is 5.69 Å². The van der Waals surface area contributed by atoms with Crippen molar-refractivity contribution in [2.24, 2.45) is 0 Å². The van der Waals surface area contributed by atoms with Crippen molar-refractivity contribution in [1.29, 1.82) is 0 Å². The number of nitrogens with one attached hydrogen (secondary N) is 3. The highest BCUT2D eigenvalue weighted by atomic mass is 35.5. The lowest BCUT2D eigenvalue weighted by molar-refractivity contribution is 0.104. The van der Waals surface area contributed by atoms with E-state index in [1.165, 1.54) is 12.3 Å². The van der Waals surface area contributed by atoms with Gasteiger partial charge in [-0.1, -0.05) is 29.8 Å². The largest absolute Gasteiger partial charge is 0.331 e. The van der Waals surface area contributed by atoms with Crippen molar-refractivity contribution < 1.29 is 4.79 Å². The zero-order valence-electron chi connectivity index (χ0n) is 11.5. The number of carbonyl (C=O) groups is 1. The molecule has 2 aromatic rings. The van der Waals surface area contributed by atoms with Gasteiger partial charge in [-0.2, -0.15) is 0 Å². The number of para-hydroxylation sites is 1. The first-order chi connectivity index (χ1) is 10.6. The highest BCUT2D eigenvalue weighted by molar-refractivity contribution is 7.80. The molecule has 0 aliphatic carbocycles. The molecule has 0 amide bonds. The van der Waals surface area contributed by atoms with Gasteiger partial charge in [0.2, 0.25) is 0 Å². The molecule has 0 aliphatic heterocycles. The molecular formula is C16H14ClN3OS. The van der Waals surface area contributed by atoms with E-state index in [1.807, 2.05) is 30.3 Å². The molecule has 0 fully saturated rings. The minimum atomic E-state index is -0.132. The van der Waals surface area contributed by atoms with Gasteiger partial charge >= 0.3 is 0 Å². The van der Waals surface area contributed by atoms with E-state index in [-0.39, 0.29) is 5.78 Å². The van der Waals surface area contributed by atoms with E-state index in [4.69, 9.17) is 23.8 Å². The number of ketones is 1. The number of carbonyl (C=O) groups excluding carboxylic acids is 1. The summed E-state index contributed by atoms with van der Waals surface area (Å²) in [5.74, 6) is -0.132. The van der Waals surface area contributed by atoms with Crippen molar-refractivity contribution in [3.8, 4) is 0 Å². The topological polar surface area (TPSA) is 53.2 Å². The highest BCUT2D eigenvalue weighted by Gasteiger charge is 2.00. The molecule has 2 rings (SSSR count). The molecule has 0 atom stereocenters. The van der Waals surface area contributed by atoms with Gasteiger partial charge in [-0.3, -0.25) is 10.2 Å². The number of hydrogen-bond acceptors (Lipinski definition) is 3. The lowest BCUT2D eigenvalue weighted by Crippen LogP contribution is -2.36. The summed E-state index contributed by atoms with van der Waals surface area (Å²) in [5, 5.41) is 3.99. The molecule has 0 saturated heterocycles. The molecule has 22 heavy (non-hydrogen) atoms.